The highest BCUT2D eigenvalue weighted by atomic mass is 79.9. The van der Waals surface area contributed by atoms with Gasteiger partial charge in [0.05, 0.1) is 5.36 Å². The number of hydrogen-bond acceptors (Lipinski definition) is 7. The standard InChI is InChI=1S/C20H15BrN4O3S/c1-2-7-29-20-23-19(26)17-11-5-3-4-6-14(11)22-18(25(17)24-20)12-8-15-16(9-13(12)21)28-10-27-15/h2-6,8-9,18H,1,7,10H2,(H,23,24,26). The van der Waals surface area contributed by atoms with Crippen LogP contribution in [0.5, 0.6) is 11.5 Å². The fraction of sp³-hybridized carbons (Fsp3) is 0.150. The van der Waals surface area contributed by atoms with Gasteiger partial charge in [0, 0.05) is 21.0 Å². The van der Waals surface area contributed by atoms with Crippen LogP contribution in [-0.4, -0.2) is 28.6 Å². The van der Waals surface area contributed by atoms with Crippen LogP contribution in [0.2, 0.25) is 0 Å². The van der Waals surface area contributed by atoms with E-state index >= 15 is 0 Å². The highest BCUT2D eigenvalue weighted by Crippen LogP contribution is 2.42. The van der Waals surface area contributed by atoms with E-state index < -0.39 is 6.17 Å². The first-order valence-corrected chi connectivity index (χ1v) is 10.6. The summed E-state index contributed by atoms with van der Waals surface area (Å²) in [5.41, 5.74) is 1.29. The zero-order valence-corrected chi connectivity index (χ0v) is 17.5. The molecule has 0 spiro atoms. The molecule has 0 radical (unpaired) electrons. The van der Waals surface area contributed by atoms with Gasteiger partial charge in [0.2, 0.25) is 6.79 Å². The number of hydrogen-bond donors (Lipinski definition) is 1. The molecule has 1 N–H and O–H groups in total. The van der Waals surface area contributed by atoms with E-state index in [0.717, 1.165) is 20.6 Å². The molecule has 0 fully saturated rings. The third-order valence-corrected chi connectivity index (χ3v) is 6.17. The Balaban J connectivity index is 1.71. The number of benzene rings is 2. The van der Waals surface area contributed by atoms with Gasteiger partial charge in [-0.15, -0.1) is 11.7 Å². The number of ether oxygens (including phenoxy) is 2. The molecule has 0 aromatic heterocycles. The maximum absolute atomic E-state index is 13.0. The first-order valence-electron chi connectivity index (χ1n) is 8.85. The Morgan fingerprint density at radius 3 is 2.93 bits per heavy atom. The van der Waals surface area contributed by atoms with Crippen molar-refractivity contribution in [3.8, 4) is 11.5 Å². The number of amidine groups is 1. The Bertz CT molecular complexity index is 1200. The van der Waals surface area contributed by atoms with Crippen LogP contribution in [0, 0.1) is 0 Å². The van der Waals surface area contributed by atoms with Gasteiger partial charge in [-0.2, -0.15) is 0 Å². The molecule has 3 aliphatic rings. The molecule has 1 amide bonds. The summed E-state index contributed by atoms with van der Waals surface area (Å²) in [5, 5.41) is 11.2. The number of amides is 1. The molecule has 0 aliphatic carbocycles. The summed E-state index contributed by atoms with van der Waals surface area (Å²) in [6.45, 7) is 3.91. The lowest BCUT2D eigenvalue weighted by molar-refractivity contribution is -0.116. The van der Waals surface area contributed by atoms with E-state index in [0.29, 0.717) is 28.1 Å². The quantitative estimate of drug-likeness (QED) is 0.696. The van der Waals surface area contributed by atoms with Gasteiger partial charge in [-0.25, -0.2) is 5.01 Å². The van der Waals surface area contributed by atoms with Crippen LogP contribution >= 0.6 is 27.7 Å². The van der Waals surface area contributed by atoms with Gasteiger partial charge in [0.25, 0.3) is 5.91 Å². The van der Waals surface area contributed by atoms with Crippen LogP contribution < -0.4 is 25.4 Å². The molecule has 7 nitrogen and oxygen atoms in total. The summed E-state index contributed by atoms with van der Waals surface area (Å²) in [7, 11) is 0. The third kappa shape index (κ3) is 3.10. The van der Waals surface area contributed by atoms with E-state index in [4.69, 9.17) is 19.6 Å². The lowest BCUT2D eigenvalue weighted by Gasteiger charge is -2.34. The fourth-order valence-corrected chi connectivity index (χ4v) is 4.48. The molecule has 0 bridgehead atoms. The van der Waals surface area contributed by atoms with Gasteiger partial charge in [0.15, 0.2) is 22.8 Å². The summed E-state index contributed by atoms with van der Waals surface area (Å²) in [6, 6.07) is 11.3. The molecule has 3 aliphatic heterocycles. The average Bonchev–Trinajstić information content (AvgIpc) is 3.18. The van der Waals surface area contributed by atoms with E-state index in [1.807, 2.05) is 36.4 Å². The molecular formula is C20H15BrN4O3S. The zero-order chi connectivity index (χ0) is 20.0. The SMILES string of the molecule is C=CCSC1=NN2C(=c3ccccc3=NC2c2cc3c(cc2Br)OCO3)C(=O)N1. The van der Waals surface area contributed by atoms with Crippen LogP contribution in [0.25, 0.3) is 5.70 Å². The summed E-state index contributed by atoms with van der Waals surface area (Å²) < 4.78 is 11.8. The number of hydrazone groups is 1. The number of carbonyl (C=O) groups is 1. The second kappa shape index (κ2) is 7.23. The molecule has 2 aromatic carbocycles. The first-order chi connectivity index (χ1) is 14.2. The maximum atomic E-state index is 13.0. The molecular weight excluding hydrogens is 456 g/mol. The van der Waals surface area contributed by atoms with Crippen molar-refractivity contribution >= 4 is 44.5 Å². The normalized spacial score (nSPS) is 19.0. The van der Waals surface area contributed by atoms with Crippen LogP contribution in [0.15, 0.2) is 63.6 Å². The molecule has 1 unspecified atom stereocenters. The number of nitrogens with zero attached hydrogens (tertiary/aromatic N) is 3. The van der Waals surface area contributed by atoms with E-state index in [9.17, 15) is 4.79 Å². The summed E-state index contributed by atoms with van der Waals surface area (Å²) in [5.74, 6) is 1.73. The molecule has 29 heavy (non-hydrogen) atoms. The number of para-hydroxylation sites is 1. The molecule has 2 aromatic rings. The van der Waals surface area contributed by atoms with Crippen LogP contribution in [0.1, 0.15) is 11.7 Å². The van der Waals surface area contributed by atoms with Crippen LogP contribution in [-0.2, 0) is 4.79 Å². The van der Waals surface area contributed by atoms with E-state index in [-0.39, 0.29) is 12.7 Å². The van der Waals surface area contributed by atoms with Crippen molar-refractivity contribution in [2.45, 2.75) is 6.17 Å². The first kappa shape index (κ1) is 18.3. The number of fused-ring (bicyclic) bond motifs is 3. The lowest BCUT2D eigenvalue weighted by Crippen LogP contribution is -2.50. The Hall–Kier alpha value is -2.78. The second-order valence-corrected chi connectivity index (χ2v) is 8.26. The van der Waals surface area contributed by atoms with Crippen molar-refractivity contribution in [2.75, 3.05) is 12.5 Å². The Kier molecular flexibility index (Phi) is 4.56. The Morgan fingerprint density at radius 2 is 2.10 bits per heavy atom. The second-order valence-electron chi connectivity index (χ2n) is 6.40. The highest BCUT2D eigenvalue weighted by Gasteiger charge is 2.36. The molecule has 5 rings (SSSR count). The third-order valence-electron chi connectivity index (χ3n) is 4.62. The minimum absolute atomic E-state index is 0.180. The molecule has 9 heteroatoms. The molecule has 0 saturated heterocycles. The van der Waals surface area contributed by atoms with Crippen molar-refractivity contribution in [2.24, 2.45) is 10.1 Å². The van der Waals surface area contributed by atoms with Crippen LogP contribution in [0.3, 0.4) is 0 Å². The fourth-order valence-electron chi connectivity index (χ4n) is 3.36. The van der Waals surface area contributed by atoms with Crippen molar-refractivity contribution < 1.29 is 14.3 Å². The minimum atomic E-state index is -0.533. The van der Waals surface area contributed by atoms with Crippen LogP contribution in [0.4, 0.5) is 0 Å². The predicted octanol–water partition coefficient (Wildman–Crippen LogP) is 2.24. The van der Waals surface area contributed by atoms with Gasteiger partial charge in [-0.05, 0) is 18.2 Å². The van der Waals surface area contributed by atoms with Crippen molar-refractivity contribution in [1.29, 1.82) is 0 Å². The van der Waals surface area contributed by atoms with Gasteiger partial charge >= 0.3 is 0 Å². The summed E-state index contributed by atoms with van der Waals surface area (Å²) >= 11 is 5.02. The number of carbonyl (C=O) groups excluding carboxylic acids is 1. The molecule has 1 atom stereocenters. The molecule has 0 saturated carbocycles. The van der Waals surface area contributed by atoms with E-state index in [1.54, 1.807) is 11.1 Å². The number of nitrogens with one attached hydrogen (secondary N) is 1. The summed E-state index contributed by atoms with van der Waals surface area (Å²) in [4.78, 5) is 17.9. The van der Waals surface area contributed by atoms with Gasteiger partial charge < -0.3 is 9.47 Å². The Morgan fingerprint density at radius 1 is 1.31 bits per heavy atom. The van der Waals surface area contributed by atoms with E-state index in [2.05, 4.69) is 27.8 Å². The van der Waals surface area contributed by atoms with E-state index in [1.165, 1.54) is 11.8 Å². The number of halogens is 1. The van der Waals surface area contributed by atoms with Gasteiger partial charge in [-0.3, -0.25) is 15.1 Å². The Labute approximate surface area is 178 Å². The number of thioether (sulfide) groups is 1. The molecule has 3 heterocycles. The number of rotatable bonds is 3. The van der Waals surface area contributed by atoms with Gasteiger partial charge in [0.1, 0.15) is 5.70 Å². The van der Waals surface area contributed by atoms with Crippen molar-refractivity contribution in [3.05, 3.63) is 69.7 Å². The highest BCUT2D eigenvalue weighted by molar-refractivity contribution is 9.10. The topological polar surface area (TPSA) is 75.5 Å². The van der Waals surface area contributed by atoms with Crippen molar-refractivity contribution in [3.63, 3.8) is 0 Å². The monoisotopic (exact) mass is 470 g/mol. The lowest BCUT2D eigenvalue weighted by atomic mass is 10.1. The van der Waals surface area contributed by atoms with Crippen molar-refractivity contribution in [1.82, 2.24) is 10.3 Å². The van der Waals surface area contributed by atoms with Gasteiger partial charge in [-0.1, -0.05) is 52.0 Å². The smallest absolute Gasteiger partial charge is 0.276 e. The summed E-state index contributed by atoms with van der Waals surface area (Å²) in [6.07, 6.45) is 1.23. The zero-order valence-electron chi connectivity index (χ0n) is 15.1. The average molecular weight is 471 g/mol. The molecule has 146 valence electrons. The maximum Gasteiger partial charge on any atom is 0.276 e. The minimum Gasteiger partial charge on any atom is -0.454 e. The largest absolute Gasteiger partial charge is 0.454 e. The predicted molar refractivity (Wildman–Crippen MR) is 114 cm³/mol.